The first kappa shape index (κ1) is 30.6. The van der Waals surface area contributed by atoms with E-state index < -0.39 is 5.60 Å². The molecule has 3 aromatic rings. The number of benzene rings is 2. The number of aliphatic hydroxyl groups is 1. The Kier molecular flexibility index (Phi) is 10.1. The Balaban J connectivity index is 1.56. The van der Waals surface area contributed by atoms with Gasteiger partial charge in [0.05, 0.1) is 12.7 Å². The Hall–Kier alpha value is -3.32. The van der Waals surface area contributed by atoms with Crippen LogP contribution >= 0.6 is 0 Å². The number of esters is 1. The Bertz CT molecular complexity index is 1310. The van der Waals surface area contributed by atoms with Crippen molar-refractivity contribution in [1.82, 2.24) is 5.32 Å². The minimum Gasteiger partial charge on any atom is -0.493 e. The lowest BCUT2D eigenvalue weighted by atomic mass is 9.89. The van der Waals surface area contributed by atoms with Gasteiger partial charge in [-0.2, -0.15) is 0 Å². The predicted molar refractivity (Wildman–Crippen MR) is 161 cm³/mol. The number of ether oxygens (including phenoxy) is 2. The van der Waals surface area contributed by atoms with Crippen molar-refractivity contribution in [1.29, 1.82) is 0 Å². The number of nitrogens with one attached hydrogen (secondary N) is 1. The normalized spacial score (nSPS) is 18.2. The average molecular weight is 564 g/mol. The smallest absolute Gasteiger partial charge is 0.343 e. The number of hydrogen-bond acceptors (Lipinski definition) is 6. The molecule has 0 radical (unpaired) electrons. The predicted octanol–water partition coefficient (Wildman–Crippen LogP) is 7.22. The maximum atomic E-state index is 13.7. The second kappa shape index (κ2) is 13.6. The van der Waals surface area contributed by atoms with E-state index in [-0.39, 0.29) is 24.0 Å². The molecule has 1 atom stereocenters. The SMILES string of the molecule is COc1cc(CCC(=O)NC(C)CCCC(C)(C)O)cc2c(C(=O)OC3CCC(C)CC3)c(-c3ccccc3)oc12. The van der Waals surface area contributed by atoms with E-state index in [2.05, 4.69) is 12.2 Å². The summed E-state index contributed by atoms with van der Waals surface area (Å²) < 4.78 is 18.0. The van der Waals surface area contributed by atoms with Gasteiger partial charge in [-0.3, -0.25) is 4.79 Å². The van der Waals surface area contributed by atoms with Crippen molar-refractivity contribution in [3.05, 3.63) is 53.6 Å². The van der Waals surface area contributed by atoms with Gasteiger partial charge < -0.3 is 24.3 Å². The molecule has 1 fully saturated rings. The molecule has 222 valence electrons. The van der Waals surface area contributed by atoms with Gasteiger partial charge in [-0.15, -0.1) is 0 Å². The van der Waals surface area contributed by atoms with Crippen molar-refractivity contribution < 1.29 is 28.6 Å². The second-order valence-corrected chi connectivity index (χ2v) is 12.3. The van der Waals surface area contributed by atoms with Crippen molar-refractivity contribution in [3.8, 4) is 17.1 Å². The van der Waals surface area contributed by atoms with Gasteiger partial charge in [0, 0.05) is 23.4 Å². The van der Waals surface area contributed by atoms with Gasteiger partial charge in [0.15, 0.2) is 11.3 Å². The summed E-state index contributed by atoms with van der Waals surface area (Å²) in [4.78, 5) is 26.4. The Morgan fingerprint density at radius 2 is 1.83 bits per heavy atom. The molecule has 4 rings (SSSR count). The fourth-order valence-electron chi connectivity index (χ4n) is 5.59. The number of amides is 1. The van der Waals surface area contributed by atoms with Crippen molar-refractivity contribution >= 4 is 22.8 Å². The van der Waals surface area contributed by atoms with E-state index in [4.69, 9.17) is 13.9 Å². The first-order valence-electron chi connectivity index (χ1n) is 15.0. The molecule has 0 bridgehead atoms. The molecule has 1 aliphatic carbocycles. The van der Waals surface area contributed by atoms with Crippen LogP contribution in [0.4, 0.5) is 0 Å². The lowest BCUT2D eigenvalue weighted by molar-refractivity contribution is -0.121. The average Bonchev–Trinajstić information content (AvgIpc) is 3.32. The Morgan fingerprint density at radius 1 is 1.12 bits per heavy atom. The first-order valence-corrected chi connectivity index (χ1v) is 15.0. The van der Waals surface area contributed by atoms with E-state index in [0.717, 1.165) is 49.7 Å². The lowest BCUT2D eigenvalue weighted by Crippen LogP contribution is -2.33. The van der Waals surface area contributed by atoms with Crippen LogP contribution in [0, 0.1) is 5.92 Å². The fourth-order valence-corrected chi connectivity index (χ4v) is 5.59. The molecule has 2 N–H and O–H groups in total. The van der Waals surface area contributed by atoms with Crippen LogP contribution in [0.3, 0.4) is 0 Å². The van der Waals surface area contributed by atoms with Crippen molar-refractivity contribution in [2.45, 2.75) is 103 Å². The van der Waals surface area contributed by atoms with Gasteiger partial charge in [0.2, 0.25) is 5.91 Å². The molecule has 1 heterocycles. The fraction of sp³-hybridized carbons (Fsp3) is 0.529. The summed E-state index contributed by atoms with van der Waals surface area (Å²) in [5.41, 5.74) is 1.85. The molecule has 41 heavy (non-hydrogen) atoms. The molecule has 0 aliphatic heterocycles. The standard InChI is InChI=1S/C34H45NO6/c1-22-13-16-26(17-14-22)40-33(37)30-27-20-24(15-18-29(36)35-23(2)10-9-19-34(3,4)38)21-28(39-5)32(27)41-31(30)25-11-7-6-8-12-25/h6-8,11-12,20-23,26,38H,9-10,13-19H2,1-5H3,(H,35,36). The van der Waals surface area contributed by atoms with E-state index in [0.29, 0.717) is 53.2 Å². The zero-order valence-corrected chi connectivity index (χ0v) is 25.1. The zero-order chi connectivity index (χ0) is 29.6. The molecule has 1 unspecified atom stereocenters. The number of carbonyl (C=O) groups excluding carboxylic acids is 2. The highest BCUT2D eigenvalue weighted by Gasteiger charge is 2.29. The van der Waals surface area contributed by atoms with Crippen LogP contribution < -0.4 is 10.1 Å². The van der Waals surface area contributed by atoms with Crippen molar-refractivity contribution in [3.63, 3.8) is 0 Å². The summed E-state index contributed by atoms with van der Waals surface area (Å²) in [6, 6.07) is 13.4. The lowest BCUT2D eigenvalue weighted by Gasteiger charge is -2.26. The van der Waals surface area contributed by atoms with Crippen LogP contribution in [-0.2, 0) is 16.0 Å². The van der Waals surface area contributed by atoms with E-state index >= 15 is 0 Å². The number of methoxy groups -OCH3 is 1. The summed E-state index contributed by atoms with van der Waals surface area (Å²) in [5.74, 6) is 1.20. The highest BCUT2D eigenvalue weighted by molar-refractivity contribution is 6.10. The summed E-state index contributed by atoms with van der Waals surface area (Å²) in [5, 5.41) is 13.6. The number of fused-ring (bicyclic) bond motifs is 1. The van der Waals surface area contributed by atoms with Gasteiger partial charge in [0.25, 0.3) is 0 Å². The summed E-state index contributed by atoms with van der Waals surface area (Å²) >= 11 is 0. The van der Waals surface area contributed by atoms with E-state index in [1.54, 1.807) is 21.0 Å². The molecule has 0 saturated heterocycles. The third kappa shape index (κ3) is 8.35. The summed E-state index contributed by atoms with van der Waals surface area (Å²) in [7, 11) is 1.58. The monoisotopic (exact) mass is 563 g/mol. The molecule has 1 aromatic heterocycles. The maximum Gasteiger partial charge on any atom is 0.343 e. The molecule has 0 spiro atoms. The van der Waals surface area contributed by atoms with E-state index in [1.807, 2.05) is 49.4 Å². The second-order valence-electron chi connectivity index (χ2n) is 12.3. The van der Waals surface area contributed by atoms with Gasteiger partial charge in [-0.05, 0) is 95.8 Å². The Morgan fingerprint density at radius 3 is 2.49 bits per heavy atom. The van der Waals surface area contributed by atoms with Gasteiger partial charge >= 0.3 is 5.97 Å². The van der Waals surface area contributed by atoms with E-state index in [9.17, 15) is 14.7 Å². The van der Waals surface area contributed by atoms with Crippen LogP contribution in [0.2, 0.25) is 0 Å². The van der Waals surface area contributed by atoms with Crippen LogP contribution in [-0.4, -0.2) is 41.8 Å². The molecular weight excluding hydrogens is 518 g/mol. The van der Waals surface area contributed by atoms with Crippen LogP contribution in [0.25, 0.3) is 22.3 Å². The van der Waals surface area contributed by atoms with Crippen molar-refractivity contribution in [2.24, 2.45) is 5.92 Å². The minimum atomic E-state index is -0.699. The van der Waals surface area contributed by atoms with E-state index in [1.165, 1.54) is 0 Å². The molecule has 2 aromatic carbocycles. The highest BCUT2D eigenvalue weighted by Crippen LogP contribution is 2.40. The van der Waals surface area contributed by atoms with Gasteiger partial charge in [-0.25, -0.2) is 4.79 Å². The number of carbonyl (C=O) groups is 2. The number of hydrogen-bond donors (Lipinski definition) is 2. The zero-order valence-electron chi connectivity index (χ0n) is 25.1. The van der Waals surface area contributed by atoms with Crippen LogP contribution in [0.5, 0.6) is 5.75 Å². The highest BCUT2D eigenvalue weighted by atomic mass is 16.5. The Labute approximate surface area is 243 Å². The number of rotatable bonds is 12. The molecule has 1 amide bonds. The van der Waals surface area contributed by atoms with Gasteiger partial charge in [-0.1, -0.05) is 37.3 Å². The first-order chi connectivity index (χ1) is 19.5. The summed E-state index contributed by atoms with van der Waals surface area (Å²) in [6.45, 7) is 7.82. The van der Waals surface area contributed by atoms with Crippen LogP contribution in [0.15, 0.2) is 46.9 Å². The van der Waals surface area contributed by atoms with Crippen molar-refractivity contribution in [2.75, 3.05) is 7.11 Å². The molecule has 7 heteroatoms. The topological polar surface area (TPSA) is 98.0 Å². The number of aryl methyl sites for hydroxylation is 1. The maximum absolute atomic E-state index is 13.7. The summed E-state index contributed by atoms with van der Waals surface area (Å²) in [6.07, 6.45) is 6.83. The quantitative estimate of drug-likeness (QED) is 0.226. The third-order valence-electron chi connectivity index (χ3n) is 7.99. The molecule has 1 aliphatic rings. The number of furan rings is 1. The minimum absolute atomic E-state index is 0.0216. The molecular formula is C34H45NO6. The van der Waals surface area contributed by atoms with Crippen LogP contribution in [0.1, 0.15) is 95.0 Å². The largest absolute Gasteiger partial charge is 0.493 e. The molecule has 7 nitrogen and oxygen atoms in total. The third-order valence-corrected chi connectivity index (χ3v) is 7.99. The van der Waals surface area contributed by atoms with Gasteiger partial charge in [0.1, 0.15) is 17.4 Å². The molecule has 1 saturated carbocycles.